The third-order valence-corrected chi connectivity index (χ3v) is 6.29. The van der Waals surface area contributed by atoms with Crippen LogP contribution >= 0.6 is 0 Å². The Labute approximate surface area is 104 Å². The zero-order valence-electron chi connectivity index (χ0n) is 10.3. The van der Waals surface area contributed by atoms with Gasteiger partial charge in [-0.1, -0.05) is 19.3 Å². The molecule has 3 aliphatic rings. The largest absolute Gasteiger partial charge is 0.310 e. The molecule has 0 bridgehead atoms. The Morgan fingerprint density at radius 1 is 1.06 bits per heavy atom. The topological polar surface area (TPSA) is 49.4 Å². The van der Waals surface area contributed by atoms with Crippen molar-refractivity contribution in [1.29, 1.82) is 0 Å². The molecule has 3 rings (SSSR count). The maximum absolute atomic E-state index is 11.8. The molecule has 2 atom stereocenters. The summed E-state index contributed by atoms with van der Waals surface area (Å²) in [6.45, 7) is 1.98. The predicted octanol–water partition coefficient (Wildman–Crippen LogP) is 0.390. The summed E-state index contributed by atoms with van der Waals surface area (Å²) in [4.78, 5) is 2.50. The molecule has 2 saturated heterocycles. The smallest absolute Gasteiger partial charge is 0.153 e. The van der Waals surface area contributed by atoms with E-state index in [0.29, 0.717) is 17.5 Å². The van der Waals surface area contributed by atoms with E-state index in [-0.39, 0.29) is 12.1 Å². The summed E-state index contributed by atoms with van der Waals surface area (Å²) in [6.07, 6.45) is 6.53. The SMILES string of the molecule is O=S1(=O)CC2NCCN(C3CCCCC3)C2C1. The van der Waals surface area contributed by atoms with Crippen LogP contribution in [0.25, 0.3) is 0 Å². The van der Waals surface area contributed by atoms with Gasteiger partial charge in [0.1, 0.15) is 0 Å². The van der Waals surface area contributed by atoms with Gasteiger partial charge in [-0.3, -0.25) is 4.90 Å². The van der Waals surface area contributed by atoms with E-state index in [9.17, 15) is 8.42 Å². The Balaban J connectivity index is 1.75. The summed E-state index contributed by atoms with van der Waals surface area (Å²) < 4.78 is 23.5. The number of nitrogens with one attached hydrogen (secondary N) is 1. The molecule has 0 aromatic heterocycles. The Kier molecular flexibility index (Phi) is 3.17. The van der Waals surface area contributed by atoms with E-state index < -0.39 is 9.84 Å². The minimum absolute atomic E-state index is 0.190. The lowest BCUT2D eigenvalue weighted by Gasteiger charge is -2.43. The van der Waals surface area contributed by atoms with Crippen LogP contribution < -0.4 is 5.32 Å². The van der Waals surface area contributed by atoms with E-state index in [2.05, 4.69) is 10.2 Å². The van der Waals surface area contributed by atoms with Crippen molar-refractivity contribution in [2.75, 3.05) is 24.6 Å². The van der Waals surface area contributed by atoms with Crippen LogP contribution in [0.4, 0.5) is 0 Å². The molecule has 0 aromatic carbocycles. The van der Waals surface area contributed by atoms with Gasteiger partial charge in [-0.15, -0.1) is 0 Å². The fourth-order valence-electron chi connectivity index (χ4n) is 3.76. The van der Waals surface area contributed by atoms with Crippen LogP contribution in [0, 0.1) is 0 Å². The van der Waals surface area contributed by atoms with E-state index >= 15 is 0 Å². The van der Waals surface area contributed by atoms with Crippen molar-refractivity contribution in [3.63, 3.8) is 0 Å². The molecule has 2 aliphatic heterocycles. The molecule has 1 saturated carbocycles. The minimum Gasteiger partial charge on any atom is -0.310 e. The lowest BCUT2D eigenvalue weighted by atomic mass is 9.91. The molecular weight excluding hydrogens is 236 g/mol. The van der Waals surface area contributed by atoms with Crippen LogP contribution in [0.3, 0.4) is 0 Å². The number of hydrogen-bond donors (Lipinski definition) is 1. The molecule has 0 amide bonds. The lowest BCUT2D eigenvalue weighted by molar-refractivity contribution is 0.0758. The Morgan fingerprint density at radius 3 is 2.59 bits per heavy atom. The molecule has 0 spiro atoms. The predicted molar refractivity (Wildman–Crippen MR) is 67.8 cm³/mol. The lowest BCUT2D eigenvalue weighted by Crippen LogP contribution is -2.60. The van der Waals surface area contributed by atoms with Crippen LogP contribution in [-0.2, 0) is 9.84 Å². The molecule has 2 heterocycles. The van der Waals surface area contributed by atoms with Crippen LogP contribution in [-0.4, -0.2) is 56.0 Å². The fraction of sp³-hybridized carbons (Fsp3) is 1.00. The van der Waals surface area contributed by atoms with Gasteiger partial charge >= 0.3 is 0 Å². The van der Waals surface area contributed by atoms with Gasteiger partial charge in [0.05, 0.1) is 11.5 Å². The third-order valence-electron chi connectivity index (χ3n) is 4.57. The van der Waals surface area contributed by atoms with E-state index in [0.717, 1.165) is 13.1 Å². The van der Waals surface area contributed by atoms with Crippen LogP contribution in [0.5, 0.6) is 0 Å². The van der Waals surface area contributed by atoms with E-state index in [1.54, 1.807) is 0 Å². The highest BCUT2D eigenvalue weighted by molar-refractivity contribution is 7.91. The van der Waals surface area contributed by atoms with Gasteiger partial charge < -0.3 is 5.32 Å². The summed E-state index contributed by atoms with van der Waals surface area (Å²) >= 11 is 0. The molecule has 17 heavy (non-hydrogen) atoms. The molecule has 5 heteroatoms. The van der Waals surface area contributed by atoms with Gasteiger partial charge in [0.15, 0.2) is 9.84 Å². The third kappa shape index (κ3) is 2.37. The summed E-state index contributed by atoms with van der Waals surface area (Å²) in [5.41, 5.74) is 0. The number of piperazine rings is 1. The van der Waals surface area contributed by atoms with Crippen molar-refractivity contribution in [1.82, 2.24) is 10.2 Å². The maximum atomic E-state index is 11.8. The number of rotatable bonds is 1. The zero-order chi connectivity index (χ0) is 11.9. The van der Waals surface area contributed by atoms with Crippen molar-refractivity contribution in [3.8, 4) is 0 Å². The van der Waals surface area contributed by atoms with E-state index in [1.807, 2.05) is 0 Å². The second-order valence-electron chi connectivity index (χ2n) is 5.73. The average molecular weight is 258 g/mol. The summed E-state index contributed by atoms with van der Waals surface area (Å²) in [6, 6.07) is 1.08. The second-order valence-corrected chi connectivity index (χ2v) is 7.89. The van der Waals surface area contributed by atoms with Gasteiger partial charge in [0.25, 0.3) is 0 Å². The molecule has 0 aromatic rings. The van der Waals surface area contributed by atoms with E-state index in [1.165, 1.54) is 32.1 Å². The van der Waals surface area contributed by atoms with Crippen molar-refractivity contribution >= 4 is 9.84 Å². The van der Waals surface area contributed by atoms with Crippen LogP contribution in [0.2, 0.25) is 0 Å². The Hall–Kier alpha value is -0.130. The second kappa shape index (κ2) is 4.52. The average Bonchev–Trinajstić information content (AvgIpc) is 2.63. The fourth-order valence-corrected chi connectivity index (χ4v) is 5.73. The molecule has 0 radical (unpaired) electrons. The number of sulfone groups is 1. The summed E-state index contributed by atoms with van der Waals surface area (Å²) in [7, 11) is -2.80. The highest BCUT2D eigenvalue weighted by atomic mass is 32.2. The normalized spacial score (nSPS) is 39.1. The van der Waals surface area contributed by atoms with Crippen LogP contribution in [0.1, 0.15) is 32.1 Å². The number of fused-ring (bicyclic) bond motifs is 1. The number of nitrogens with zero attached hydrogens (tertiary/aromatic N) is 1. The number of hydrogen-bond acceptors (Lipinski definition) is 4. The molecule has 1 N–H and O–H groups in total. The molecule has 3 fully saturated rings. The first-order valence-corrected chi connectivity index (χ1v) is 8.67. The first-order valence-electron chi connectivity index (χ1n) is 6.85. The van der Waals surface area contributed by atoms with Gasteiger partial charge in [-0.05, 0) is 12.8 Å². The van der Waals surface area contributed by atoms with Crippen molar-refractivity contribution in [2.45, 2.75) is 50.2 Å². The monoisotopic (exact) mass is 258 g/mol. The van der Waals surface area contributed by atoms with Gasteiger partial charge in [0.2, 0.25) is 0 Å². The van der Waals surface area contributed by atoms with Crippen molar-refractivity contribution in [3.05, 3.63) is 0 Å². The summed E-state index contributed by atoms with van der Waals surface area (Å²) in [5, 5.41) is 3.38. The van der Waals surface area contributed by atoms with Crippen LogP contribution in [0.15, 0.2) is 0 Å². The first-order chi connectivity index (χ1) is 8.16. The first kappa shape index (κ1) is 11.9. The maximum Gasteiger partial charge on any atom is 0.153 e. The highest BCUT2D eigenvalue weighted by Gasteiger charge is 2.44. The van der Waals surface area contributed by atoms with Gasteiger partial charge in [0, 0.05) is 31.2 Å². The standard InChI is InChI=1S/C12H22N2O2S/c15-17(16)8-11-12(9-17)14(7-6-13-11)10-4-2-1-3-5-10/h10-13H,1-9H2. The quantitative estimate of drug-likeness (QED) is 0.739. The van der Waals surface area contributed by atoms with Gasteiger partial charge in [-0.25, -0.2) is 8.42 Å². The summed E-state index contributed by atoms with van der Waals surface area (Å²) in [5.74, 6) is 0.724. The molecule has 4 nitrogen and oxygen atoms in total. The molecule has 2 unspecified atom stereocenters. The Morgan fingerprint density at radius 2 is 1.82 bits per heavy atom. The van der Waals surface area contributed by atoms with Crippen molar-refractivity contribution < 1.29 is 8.42 Å². The molecule has 1 aliphatic carbocycles. The molecule has 98 valence electrons. The van der Waals surface area contributed by atoms with E-state index in [4.69, 9.17) is 0 Å². The molecular formula is C12H22N2O2S. The highest BCUT2D eigenvalue weighted by Crippen LogP contribution is 2.29. The van der Waals surface area contributed by atoms with Crippen molar-refractivity contribution in [2.24, 2.45) is 0 Å². The minimum atomic E-state index is -2.80. The Bertz CT molecular complexity index is 376. The van der Waals surface area contributed by atoms with Gasteiger partial charge in [-0.2, -0.15) is 0 Å². The zero-order valence-corrected chi connectivity index (χ0v) is 11.1.